The molecule has 0 aliphatic heterocycles. The Morgan fingerprint density at radius 1 is 1.64 bits per heavy atom. The number of ether oxygens (including phenoxy) is 1. The third-order valence-electron chi connectivity index (χ3n) is 2.70. The van der Waals surface area contributed by atoms with Crippen LogP contribution in [0, 0.1) is 11.8 Å². The Balaban J connectivity index is 2.51. The van der Waals surface area contributed by atoms with E-state index < -0.39 is 5.60 Å². The van der Waals surface area contributed by atoms with Crippen molar-refractivity contribution in [3.05, 3.63) is 0 Å². The zero-order valence-electron chi connectivity index (χ0n) is 7.63. The molecule has 1 saturated carbocycles. The lowest BCUT2D eigenvalue weighted by molar-refractivity contribution is -0.0122. The predicted octanol–water partition coefficient (Wildman–Crippen LogP) is 1.43. The van der Waals surface area contributed by atoms with Crippen LogP contribution in [0.4, 0.5) is 0 Å². The van der Waals surface area contributed by atoms with Crippen LogP contribution >= 0.6 is 0 Å². The molecule has 0 radical (unpaired) electrons. The molecule has 2 nitrogen and oxygen atoms in total. The molecule has 0 saturated heterocycles. The fourth-order valence-corrected chi connectivity index (χ4v) is 2.14. The summed E-state index contributed by atoms with van der Waals surface area (Å²) in [6, 6.07) is 0. The lowest BCUT2D eigenvalue weighted by Gasteiger charge is -2.24. The van der Waals surface area contributed by atoms with Crippen LogP contribution in [0.15, 0.2) is 0 Å². The molecule has 1 rings (SSSR count). The summed E-state index contributed by atoms with van der Waals surface area (Å²) < 4.78 is 5.05. The van der Waals surface area contributed by atoms with Gasteiger partial charge in [0, 0.05) is 13.0 Å². The van der Waals surface area contributed by atoms with Crippen LogP contribution in [0.25, 0.3) is 0 Å². The van der Waals surface area contributed by atoms with Crippen molar-refractivity contribution in [2.75, 3.05) is 13.7 Å². The SMILES string of the molecule is COC[C@@H]1C[C@@H](C)C[C@]1(C)O. The predicted molar refractivity (Wildman–Crippen MR) is 44.4 cm³/mol. The summed E-state index contributed by atoms with van der Waals surface area (Å²) in [6.07, 6.45) is 2.02. The number of hydrogen-bond donors (Lipinski definition) is 1. The second-order valence-electron chi connectivity index (χ2n) is 4.05. The zero-order chi connectivity index (χ0) is 8.48. The summed E-state index contributed by atoms with van der Waals surface area (Å²) in [5.41, 5.74) is -0.491. The summed E-state index contributed by atoms with van der Waals surface area (Å²) >= 11 is 0. The monoisotopic (exact) mass is 158 g/mol. The molecule has 1 fully saturated rings. The highest BCUT2D eigenvalue weighted by atomic mass is 16.5. The van der Waals surface area contributed by atoms with Gasteiger partial charge in [-0.3, -0.25) is 0 Å². The smallest absolute Gasteiger partial charge is 0.0672 e. The summed E-state index contributed by atoms with van der Waals surface area (Å²) in [7, 11) is 1.69. The topological polar surface area (TPSA) is 29.5 Å². The van der Waals surface area contributed by atoms with Crippen LogP contribution in [0.3, 0.4) is 0 Å². The van der Waals surface area contributed by atoms with E-state index in [-0.39, 0.29) is 0 Å². The molecule has 3 atom stereocenters. The van der Waals surface area contributed by atoms with Crippen molar-refractivity contribution in [2.24, 2.45) is 11.8 Å². The Bertz CT molecular complexity index is 132. The van der Waals surface area contributed by atoms with E-state index in [0.717, 1.165) is 12.8 Å². The van der Waals surface area contributed by atoms with Crippen LogP contribution < -0.4 is 0 Å². The third kappa shape index (κ3) is 1.94. The highest BCUT2D eigenvalue weighted by Crippen LogP contribution is 2.39. The van der Waals surface area contributed by atoms with Crippen molar-refractivity contribution in [1.82, 2.24) is 0 Å². The number of methoxy groups -OCH3 is 1. The Labute approximate surface area is 68.6 Å². The number of hydrogen-bond acceptors (Lipinski definition) is 2. The molecule has 0 aromatic rings. The normalized spacial score (nSPS) is 44.7. The standard InChI is InChI=1S/C9H18O2/c1-7-4-8(6-11-3)9(2,10)5-7/h7-8,10H,4-6H2,1-3H3/t7-,8+,9+/m1/s1. The molecule has 1 aliphatic rings. The minimum Gasteiger partial charge on any atom is -0.390 e. The van der Waals surface area contributed by atoms with Gasteiger partial charge >= 0.3 is 0 Å². The summed E-state index contributed by atoms with van der Waals surface area (Å²) in [6.45, 7) is 4.79. The molecule has 0 aromatic heterocycles. The van der Waals surface area contributed by atoms with Gasteiger partial charge in [0.1, 0.15) is 0 Å². The maximum atomic E-state index is 9.88. The van der Waals surface area contributed by atoms with Crippen molar-refractivity contribution < 1.29 is 9.84 Å². The minimum atomic E-state index is -0.491. The van der Waals surface area contributed by atoms with Gasteiger partial charge in [0.05, 0.1) is 12.2 Å². The molecule has 1 N–H and O–H groups in total. The van der Waals surface area contributed by atoms with Gasteiger partial charge < -0.3 is 9.84 Å². The van der Waals surface area contributed by atoms with Gasteiger partial charge in [-0.25, -0.2) is 0 Å². The van der Waals surface area contributed by atoms with E-state index in [2.05, 4.69) is 6.92 Å². The van der Waals surface area contributed by atoms with Gasteiger partial charge in [-0.2, -0.15) is 0 Å². The Morgan fingerprint density at radius 3 is 2.64 bits per heavy atom. The molecule has 0 heterocycles. The van der Waals surface area contributed by atoms with Crippen molar-refractivity contribution in [1.29, 1.82) is 0 Å². The van der Waals surface area contributed by atoms with Gasteiger partial charge in [-0.05, 0) is 25.7 Å². The van der Waals surface area contributed by atoms with Crippen molar-refractivity contribution in [3.8, 4) is 0 Å². The van der Waals surface area contributed by atoms with E-state index in [1.807, 2.05) is 6.92 Å². The molecule has 0 amide bonds. The van der Waals surface area contributed by atoms with E-state index in [9.17, 15) is 5.11 Å². The first kappa shape index (κ1) is 9.01. The summed E-state index contributed by atoms with van der Waals surface area (Å²) in [5.74, 6) is 0.979. The molecule has 1 aliphatic carbocycles. The van der Waals surface area contributed by atoms with Gasteiger partial charge in [0.25, 0.3) is 0 Å². The first-order chi connectivity index (χ1) is 5.06. The second-order valence-corrected chi connectivity index (χ2v) is 4.05. The molecule has 0 spiro atoms. The second kappa shape index (κ2) is 3.11. The van der Waals surface area contributed by atoms with Crippen LogP contribution in [-0.2, 0) is 4.74 Å². The molecule has 0 unspecified atom stereocenters. The van der Waals surface area contributed by atoms with E-state index >= 15 is 0 Å². The Kier molecular flexibility index (Phi) is 2.55. The fourth-order valence-electron chi connectivity index (χ4n) is 2.14. The quantitative estimate of drug-likeness (QED) is 0.658. The largest absolute Gasteiger partial charge is 0.390 e. The lowest BCUT2D eigenvalue weighted by atomic mass is 9.94. The van der Waals surface area contributed by atoms with Crippen molar-refractivity contribution >= 4 is 0 Å². The summed E-state index contributed by atoms with van der Waals surface area (Å²) in [4.78, 5) is 0. The van der Waals surface area contributed by atoms with Gasteiger partial charge in [0.2, 0.25) is 0 Å². The molecule has 0 bridgehead atoms. The summed E-state index contributed by atoms with van der Waals surface area (Å²) in [5, 5.41) is 9.88. The van der Waals surface area contributed by atoms with E-state index in [0.29, 0.717) is 18.4 Å². The lowest BCUT2D eigenvalue weighted by Crippen LogP contribution is -2.31. The molecule has 2 heteroatoms. The Morgan fingerprint density at radius 2 is 2.27 bits per heavy atom. The average Bonchev–Trinajstić information content (AvgIpc) is 2.07. The van der Waals surface area contributed by atoms with E-state index in [4.69, 9.17) is 4.74 Å². The zero-order valence-corrected chi connectivity index (χ0v) is 7.63. The Hall–Kier alpha value is -0.0800. The molecular weight excluding hydrogens is 140 g/mol. The first-order valence-corrected chi connectivity index (χ1v) is 4.27. The molecule has 66 valence electrons. The van der Waals surface area contributed by atoms with E-state index in [1.54, 1.807) is 7.11 Å². The maximum Gasteiger partial charge on any atom is 0.0672 e. The third-order valence-corrected chi connectivity index (χ3v) is 2.70. The number of aliphatic hydroxyl groups is 1. The average molecular weight is 158 g/mol. The maximum absolute atomic E-state index is 9.88. The van der Waals surface area contributed by atoms with Gasteiger partial charge in [-0.1, -0.05) is 6.92 Å². The highest BCUT2D eigenvalue weighted by molar-refractivity contribution is 4.91. The van der Waals surface area contributed by atoms with Crippen LogP contribution in [0.2, 0.25) is 0 Å². The number of rotatable bonds is 2. The molecular formula is C9H18O2. The van der Waals surface area contributed by atoms with Gasteiger partial charge in [0.15, 0.2) is 0 Å². The molecule has 0 aromatic carbocycles. The van der Waals surface area contributed by atoms with Crippen LogP contribution in [0.1, 0.15) is 26.7 Å². The van der Waals surface area contributed by atoms with Crippen molar-refractivity contribution in [3.63, 3.8) is 0 Å². The van der Waals surface area contributed by atoms with Crippen LogP contribution in [-0.4, -0.2) is 24.4 Å². The molecule has 11 heavy (non-hydrogen) atoms. The van der Waals surface area contributed by atoms with Crippen molar-refractivity contribution in [2.45, 2.75) is 32.3 Å². The fraction of sp³-hybridized carbons (Fsp3) is 1.00. The highest BCUT2D eigenvalue weighted by Gasteiger charge is 2.40. The van der Waals surface area contributed by atoms with Gasteiger partial charge in [-0.15, -0.1) is 0 Å². The minimum absolute atomic E-state index is 0.336. The van der Waals surface area contributed by atoms with Crippen LogP contribution in [0.5, 0.6) is 0 Å². The van der Waals surface area contributed by atoms with E-state index in [1.165, 1.54) is 0 Å². The first-order valence-electron chi connectivity index (χ1n) is 4.27.